The first-order valence-corrected chi connectivity index (χ1v) is 7.93. The molecule has 1 amide bonds. The molecule has 0 saturated heterocycles. The van der Waals surface area contributed by atoms with Crippen molar-refractivity contribution >= 4 is 23.2 Å². The Bertz CT molecular complexity index is 543. The van der Waals surface area contributed by atoms with Crippen LogP contribution in [0.15, 0.2) is 18.2 Å². The number of benzene rings is 1. The Morgan fingerprint density at radius 1 is 1.43 bits per heavy atom. The highest BCUT2D eigenvalue weighted by molar-refractivity contribution is 6.30. The molecule has 1 fully saturated rings. The lowest BCUT2D eigenvalue weighted by Gasteiger charge is -2.34. The van der Waals surface area contributed by atoms with Gasteiger partial charge >= 0.3 is 0 Å². The van der Waals surface area contributed by atoms with Crippen LogP contribution in [-0.4, -0.2) is 41.1 Å². The number of carbonyl (C=O) groups excluding carboxylic acids is 1. The second-order valence-electron chi connectivity index (χ2n) is 6.07. The van der Waals surface area contributed by atoms with Gasteiger partial charge in [-0.3, -0.25) is 4.79 Å². The van der Waals surface area contributed by atoms with E-state index in [0.717, 1.165) is 24.1 Å². The number of hydrogen-bond donors (Lipinski definition) is 1. The highest BCUT2D eigenvalue weighted by atomic mass is 35.5. The number of aliphatic hydroxyl groups excluding tert-OH is 1. The average molecular weight is 309 g/mol. The number of β-amino-alcohol motifs (C(OH)–C–C–N with tert-alkyl or cyclic N) is 1. The van der Waals surface area contributed by atoms with Gasteiger partial charge in [0.15, 0.2) is 0 Å². The summed E-state index contributed by atoms with van der Waals surface area (Å²) in [4.78, 5) is 16.5. The Morgan fingerprint density at radius 2 is 2.19 bits per heavy atom. The third-order valence-corrected chi connectivity index (χ3v) is 4.35. The van der Waals surface area contributed by atoms with Crippen LogP contribution in [0.3, 0.4) is 0 Å². The van der Waals surface area contributed by atoms with E-state index in [2.05, 4.69) is 4.90 Å². The molecule has 5 heteroatoms. The summed E-state index contributed by atoms with van der Waals surface area (Å²) in [6.45, 7) is 3.56. The summed E-state index contributed by atoms with van der Waals surface area (Å²) in [5.41, 5.74) is 2.15. The van der Waals surface area contributed by atoms with Crippen LogP contribution in [0.5, 0.6) is 0 Å². The van der Waals surface area contributed by atoms with Crippen LogP contribution in [0.4, 0.5) is 5.69 Å². The molecule has 1 aromatic rings. The van der Waals surface area contributed by atoms with Crippen LogP contribution in [0.25, 0.3) is 0 Å². The van der Waals surface area contributed by atoms with Crippen molar-refractivity contribution < 1.29 is 9.90 Å². The summed E-state index contributed by atoms with van der Waals surface area (Å²) >= 11 is 6.13. The van der Waals surface area contributed by atoms with E-state index < -0.39 is 6.10 Å². The number of carbonyl (C=O) groups is 1. The van der Waals surface area contributed by atoms with Crippen LogP contribution in [0.1, 0.15) is 31.7 Å². The maximum absolute atomic E-state index is 12.4. The second kappa shape index (κ2) is 5.85. The minimum Gasteiger partial charge on any atom is -0.392 e. The molecular weight excluding hydrogens is 288 g/mol. The monoisotopic (exact) mass is 308 g/mol. The van der Waals surface area contributed by atoms with Gasteiger partial charge in [0.05, 0.1) is 6.10 Å². The topological polar surface area (TPSA) is 43.8 Å². The third-order valence-electron chi connectivity index (χ3n) is 4.11. The van der Waals surface area contributed by atoms with E-state index in [1.807, 2.05) is 23.1 Å². The highest BCUT2D eigenvalue weighted by Crippen LogP contribution is 2.34. The molecule has 1 N–H and O–H groups in total. The van der Waals surface area contributed by atoms with Crippen LogP contribution in [-0.2, 0) is 11.3 Å². The number of hydrogen-bond acceptors (Lipinski definition) is 3. The van der Waals surface area contributed by atoms with Gasteiger partial charge in [0.25, 0.3) is 0 Å². The van der Waals surface area contributed by atoms with Crippen molar-refractivity contribution in [2.75, 3.05) is 18.0 Å². The van der Waals surface area contributed by atoms with E-state index in [-0.39, 0.29) is 5.91 Å². The molecule has 21 heavy (non-hydrogen) atoms. The van der Waals surface area contributed by atoms with Crippen molar-refractivity contribution in [3.05, 3.63) is 28.8 Å². The number of halogens is 1. The fourth-order valence-electron chi connectivity index (χ4n) is 2.98. The zero-order valence-electron chi connectivity index (χ0n) is 12.3. The smallest absolute Gasteiger partial charge is 0.224 e. The standard InChI is InChI=1S/C16H21ClN2O2/c1-11(20)9-18-7-6-16(21)19(14-3-4-14)10-12-8-13(17)2-5-15(12)18/h2,5,8,11,14,20H,3-4,6-7,9-10H2,1H3/t11-/m0/s1. The Morgan fingerprint density at radius 3 is 2.86 bits per heavy atom. The number of rotatable bonds is 3. The van der Waals surface area contributed by atoms with Gasteiger partial charge in [0.2, 0.25) is 5.91 Å². The van der Waals surface area contributed by atoms with Crippen molar-refractivity contribution in [2.45, 2.75) is 44.9 Å². The minimum absolute atomic E-state index is 0.207. The number of nitrogens with zero attached hydrogens (tertiary/aromatic N) is 2. The summed E-state index contributed by atoms with van der Waals surface area (Å²) in [7, 11) is 0. The van der Waals surface area contributed by atoms with Crippen molar-refractivity contribution in [2.24, 2.45) is 0 Å². The van der Waals surface area contributed by atoms with E-state index in [1.54, 1.807) is 6.92 Å². The Labute approximate surface area is 130 Å². The van der Waals surface area contributed by atoms with Gasteiger partial charge in [0.1, 0.15) is 0 Å². The zero-order valence-corrected chi connectivity index (χ0v) is 13.0. The lowest BCUT2D eigenvalue weighted by molar-refractivity contribution is -0.132. The fourth-order valence-corrected chi connectivity index (χ4v) is 3.18. The molecule has 1 heterocycles. The fraction of sp³-hybridized carbons (Fsp3) is 0.562. The van der Waals surface area contributed by atoms with Crippen molar-refractivity contribution in [3.8, 4) is 0 Å². The summed E-state index contributed by atoms with van der Waals surface area (Å²) in [5, 5.41) is 10.4. The molecule has 0 spiro atoms. The quantitative estimate of drug-likeness (QED) is 0.932. The Balaban J connectivity index is 1.94. The predicted octanol–water partition coefficient (Wildman–Crippen LogP) is 2.42. The van der Waals surface area contributed by atoms with Gasteiger partial charge in [-0.2, -0.15) is 0 Å². The number of amides is 1. The molecule has 0 radical (unpaired) electrons. The average Bonchev–Trinajstić information content (AvgIpc) is 3.23. The van der Waals surface area contributed by atoms with Gasteiger partial charge in [0, 0.05) is 42.8 Å². The SMILES string of the molecule is C[C@H](O)CN1CCC(=O)N(C2CC2)Cc2cc(Cl)ccc21. The molecular formula is C16H21ClN2O2. The molecule has 114 valence electrons. The maximum Gasteiger partial charge on any atom is 0.224 e. The molecule has 1 aromatic carbocycles. The van der Waals surface area contributed by atoms with E-state index in [4.69, 9.17) is 11.6 Å². The molecule has 2 aliphatic rings. The van der Waals surface area contributed by atoms with Crippen molar-refractivity contribution in [3.63, 3.8) is 0 Å². The largest absolute Gasteiger partial charge is 0.392 e. The number of aliphatic hydroxyl groups is 1. The van der Waals surface area contributed by atoms with Crippen LogP contribution in [0.2, 0.25) is 5.02 Å². The Hall–Kier alpha value is -1.26. The van der Waals surface area contributed by atoms with Gasteiger partial charge in [-0.1, -0.05) is 11.6 Å². The van der Waals surface area contributed by atoms with Crippen LogP contribution < -0.4 is 4.90 Å². The van der Waals surface area contributed by atoms with E-state index >= 15 is 0 Å². The number of fused-ring (bicyclic) bond motifs is 1. The molecule has 1 aliphatic carbocycles. The minimum atomic E-state index is -0.428. The predicted molar refractivity (Wildman–Crippen MR) is 83.5 cm³/mol. The second-order valence-corrected chi connectivity index (χ2v) is 6.51. The van der Waals surface area contributed by atoms with E-state index in [1.165, 1.54) is 0 Å². The molecule has 3 rings (SSSR count). The normalized spacial score (nSPS) is 20.8. The lowest BCUT2D eigenvalue weighted by Crippen LogP contribution is -2.41. The first kappa shape index (κ1) is 14.7. The van der Waals surface area contributed by atoms with Gasteiger partial charge in [-0.25, -0.2) is 0 Å². The third kappa shape index (κ3) is 3.33. The Kier molecular flexibility index (Phi) is 4.09. The van der Waals surface area contributed by atoms with Crippen molar-refractivity contribution in [1.29, 1.82) is 0 Å². The number of anilines is 1. The maximum atomic E-state index is 12.4. The molecule has 0 unspecified atom stereocenters. The van der Waals surface area contributed by atoms with Gasteiger partial charge < -0.3 is 14.9 Å². The first-order valence-electron chi connectivity index (χ1n) is 7.55. The van der Waals surface area contributed by atoms with Crippen LogP contribution in [0, 0.1) is 0 Å². The first-order chi connectivity index (χ1) is 10.0. The molecule has 0 bridgehead atoms. The summed E-state index contributed by atoms with van der Waals surface area (Å²) in [5.74, 6) is 0.207. The summed E-state index contributed by atoms with van der Waals surface area (Å²) in [6, 6.07) is 6.23. The molecule has 1 aliphatic heterocycles. The summed E-state index contributed by atoms with van der Waals surface area (Å²) in [6.07, 6.45) is 2.30. The molecule has 0 aromatic heterocycles. The molecule has 4 nitrogen and oxygen atoms in total. The molecule has 1 atom stereocenters. The van der Waals surface area contributed by atoms with Crippen molar-refractivity contribution in [1.82, 2.24) is 4.90 Å². The van der Waals surface area contributed by atoms with Crippen LogP contribution >= 0.6 is 11.6 Å². The lowest BCUT2D eigenvalue weighted by atomic mass is 10.1. The van der Waals surface area contributed by atoms with E-state index in [9.17, 15) is 9.90 Å². The van der Waals surface area contributed by atoms with Gasteiger partial charge in [-0.15, -0.1) is 0 Å². The summed E-state index contributed by atoms with van der Waals surface area (Å²) < 4.78 is 0. The molecule has 1 saturated carbocycles. The van der Waals surface area contributed by atoms with Gasteiger partial charge in [-0.05, 0) is 43.5 Å². The zero-order chi connectivity index (χ0) is 15.0. The van der Waals surface area contributed by atoms with E-state index in [0.29, 0.717) is 37.1 Å². The highest BCUT2D eigenvalue weighted by Gasteiger charge is 2.34.